The number of carbonyl (C=O) groups excluding carboxylic acids is 1. The van der Waals surface area contributed by atoms with Crippen LogP contribution in [0.25, 0.3) is 0 Å². The zero-order valence-corrected chi connectivity index (χ0v) is 13.3. The molecule has 5 heteroatoms. The molecule has 0 bridgehead atoms. The van der Waals surface area contributed by atoms with Gasteiger partial charge in [0, 0.05) is 11.6 Å². The number of carbonyl (C=O) groups is 1. The summed E-state index contributed by atoms with van der Waals surface area (Å²) in [5.41, 5.74) is 3.52. The van der Waals surface area contributed by atoms with Gasteiger partial charge in [0.1, 0.15) is 6.26 Å². The summed E-state index contributed by atoms with van der Waals surface area (Å²) in [5, 5.41) is 6.80. The van der Waals surface area contributed by atoms with Gasteiger partial charge in [-0.05, 0) is 50.2 Å². The largest absolute Gasteiger partial charge is 0.362 e. The Balaban J connectivity index is 1.62. The van der Waals surface area contributed by atoms with Crippen LogP contribution in [0.1, 0.15) is 48.4 Å². The van der Waals surface area contributed by atoms with E-state index in [2.05, 4.69) is 34.7 Å². The molecule has 1 N–H and O–H groups in total. The van der Waals surface area contributed by atoms with Gasteiger partial charge >= 0.3 is 6.03 Å². The molecule has 2 aromatic rings. The van der Waals surface area contributed by atoms with E-state index in [0.717, 1.165) is 37.7 Å². The number of nitrogens with one attached hydrogen (secondary N) is 1. The molecular formula is C18H21N3O2. The summed E-state index contributed by atoms with van der Waals surface area (Å²) in [6, 6.07) is 8.96. The zero-order chi connectivity index (χ0) is 15.8. The Kier molecular flexibility index (Phi) is 3.56. The van der Waals surface area contributed by atoms with Crippen LogP contribution in [-0.2, 0) is 6.42 Å². The van der Waals surface area contributed by atoms with Gasteiger partial charge in [-0.25, -0.2) is 4.79 Å². The SMILES string of the molecule is Cc1conc1NC(=O)N(C1CC1)[C@H]1CCCc2ccccc21. The number of rotatable bonds is 3. The number of hydrogen-bond donors (Lipinski definition) is 1. The molecule has 0 spiro atoms. The Bertz CT molecular complexity index is 721. The summed E-state index contributed by atoms with van der Waals surface area (Å²) in [7, 11) is 0. The fourth-order valence-corrected chi connectivity index (χ4v) is 3.50. The van der Waals surface area contributed by atoms with Gasteiger partial charge in [-0.3, -0.25) is 5.32 Å². The first-order valence-electron chi connectivity index (χ1n) is 8.32. The van der Waals surface area contributed by atoms with Crippen LogP contribution in [0.2, 0.25) is 0 Å². The first-order valence-corrected chi connectivity index (χ1v) is 8.32. The number of benzene rings is 1. The first kappa shape index (κ1) is 14.3. The van der Waals surface area contributed by atoms with Gasteiger partial charge in [-0.1, -0.05) is 29.4 Å². The third-order valence-electron chi connectivity index (χ3n) is 4.82. The predicted octanol–water partition coefficient (Wildman–Crippen LogP) is 4.06. The third kappa shape index (κ3) is 2.71. The van der Waals surface area contributed by atoms with E-state index in [4.69, 9.17) is 4.52 Å². The fourth-order valence-electron chi connectivity index (χ4n) is 3.50. The molecule has 1 fully saturated rings. The fraction of sp³-hybridized carbons (Fsp3) is 0.444. The highest BCUT2D eigenvalue weighted by atomic mass is 16.5. The Labute approximate surface area is 135 Å². The molecule has 1 atom stereocenters. The summed E-state index contributed by atoms with van der Waals surface area (Å²) in [4.78, 5) is 14.9. The van der Waals surface area contributed by atoms with E-state index in [0.29, 0.717) is 11.9 Å². The van der Waals surface area contributed by atoms with Gasteiger partial charge < -0.3 is 9.42 Å². The van der Waals surface area contributed by atoms with Crippen molar-refractivity contribution in [1.29, 1.82) is 0 Å². The van der Waals surface area contributed by atoms with E-state index in [1.165, 1.54) is 11.1 Å². The van der Waals surface area contributed by atoms with Crippen LogP contribution >= 0.6 is 0 Å². The molecule has 0 unspecified atom stereocenters. The average Bonchev–Trinajstić information content (AvgIpc) is 3.31. The lowest BCUT2D eigenvalue weighted by atomic mass is 9.87. The number of aryl methyl sites for hydroxylation is 2. The lowest BCUT2D eigenvalue weighted by Gasteiger charge is -2.36. The van der Waals surface area contributed by atoms with Crippen molar-refractivity contribution in [3.05, 3.63) is 47.2 Å². The molecule has 0 aliphatic heterocycles. The standard InChI is InChI=1S/C18H21N3O2/c1-12-11-23-20-17(12)19-18(22)21(14-9-10-14)16-8-4-6-13-5-2-3-7-15(13)16/h2-3,5,7,11,14,16H,4,6,8-10H2,1H3,(H,19,20,22)/t16-/m0/s1. The normalized spacial score (nSPS) is 20.0. The zero-order valence-electron chi connectivity index (χ0n) is 13.3. The lowest BCUT2D eigenvalue weighted by Crippen LogP contribution is -2.41. The highest BCUT2D eigenvalue weighted by Gasteiger charge is 2.39. The van der Waals surface area contributed by atoms with Crippen LogP contribution in [-0.4, -0.2) is 22.1 Å². The van der Waals surface area contributed by atoms with Crippen LogP contribution in [0.4, 0.5) is 10.6 Å². The number of anilines is 1. The third-order valence-corrected chi connectivity index (χ3v) is 4.82. The molecule has 1 heterocycles. The van der Waals surface area contributed by atoms with Crippen molar-refractivity contribution >= 4 is 11.8 Å². The van der Waals surface area contributed by atoms with Crippen LogP contribution in [0, 0.1) is 6.92 Å². The van der Waals surface area contributed by atoms with Crippen molar-refractivity contribution in [1.82, 2.24) is 10.1 Å². The second kappa shape index (κ2) is 5.72. The maximum Gasteiger partial charge on any atom is 0.323 e. The molecule has 2 aliphatic carbocycles. The Morgan fingerprint density at radius 1 is 1.30 bits per heavy atom. The molecule has 2 aliphatic rings. The van der Waals surface area contributed by atoms with Crippen molar-refractivity contribution in [2.75, 3.05) is 5.32 Å². The van der Waals surface area contributed by atoms with Crippen LogP contribution in [0.15, 0.2) is 35.1 Å². The van der Waals surface area contributed by atoms with Gasteiger partial charge in [0.2, 0.25) is 0 Å². The van der Waals surface area contributed by atoms with Gasteiger partial charge in [-0.15, -0.1) is 0 Å². The van der Waals surface area contributed by atoms with Crippen molar-refractivity contribution in [3.8, 4) is 0 Å². The molecule has 23 heavy (non-hydrogen) atoms. The summed E-state index contributed by atoms with van der Waals surface area (Å²) in [5.74, 6) is 0.518. The van der Waals surface area contributed by atoms with E-state index in [-0.39, 0.29) is 12.1 Å². The maximum atomic E-state index is 12.9. The molecule has 4 rings (SSSR count). The predicted molar refractivity (Wildman–Crippen MR) is 87.2 cm³/mol. The van der Waals surface area contributed by atoms with Gasteiger partial charge in [0.25, 0.3) is 0 Å². The van der Waals surface area contributed by atoms with Crippen molar-refractivity contribution < 1.29 is 9.32 Å². The average molecular weight is 311 g/mol. The second-order valence-corrected chi connectivity index (χ2v) is 6.52. The molecule has 2 amide bonds. The van der Waals surface area contributed by atoms with Gasteiger partial charge in [0.05, 0.1) is 6.04 Å². The highest BCUT2D eigenvalue weighted by molar-refractivity contribution is 5.89. The summed E-state index contributed by atoms with van der Waals surface area (Å²) in [6.07, 6.45) is 6.98. The minimum atomic E-state index is -0.0637. The minimum absolute atomic E-state index is 0.0637. The molecule has 120 valence electrons. The summed E-state index contributed by atoms with van der Waals surface area (Å²) < 4.78 is 4.92. The highest BCUT2D eigenvalue weighted by Crippen LogP contribution is 2.41. The Morgan fingerprint density at radius 3 is 2.87 bits per heavy atom. The summed E-state index contributed by atoms with van der Waals surface area (Å²) >= 11 is 0. The van der Waals surface area contributed by atoms with Crippen LogP contribution in [0.3, 0.4) is 0 Å². The number of nitrogens with zero attached hydrogens (tertiary/aromatic N) is 2. The van der Waals surface area contributed by atoms with Crippen molar-refractivity contribution in [3.63, 3.8) is 0 Å². The topological polar surface area (TPSA) is 58.4 Å². The molecule has 5 nitrogen and oxygen atoms in total. The minimum Gasteiger partial charge on any atom is -0.362 e. The number of amides is 2. The lowest BCUT2D eigenvalue weighted by molar-refractivity contribution is 0.174. The quantitative estimate of drug-likeness (QED) is 0.930. The smallest absolute Gasteiger partial charge is 0.323 e. The van der Waals surface area contributed by atoms with Crippen LogP contribution < -0.4 is 5.32 Å². The van der Waals surface area contributed by atoms with E-state index in [9.17, 15) is 4.79 Å². The first-order chi connectivity index (χ1) is 11.2. The Hall–Kier alpha value is -2.30. The molecule has 1 saturated carbocycles. The second-order valence-electron chi connectivity index (χ2n) is 6.52. The van der Waals surface area contributed by atoms with E-state index < -0.39 is 0 Å². The van der Waals surface area contributed by atoms with Gasteiger partial charge in [0.15, 0.2) is 5.82 Å². The number of aromatic nitrogens is 1. The van der Waals surface area contributed by atoms with E-state index in [1.807, 2.05) is 11.8 Å². The number of hydrogen-bond acceptors (Lipinski definition) is 3. The van der Waals surface area contributed by atoms with Crippen molar-refractivity contribution in [2.24, 2.45) is 0 Å². The van der Waals surface area contributed by atoms with Crippen molar-refractivity contribution in [2.45, 2.75) is 51.1 Å². The molecular weight excluding hydrogens is 290 g/mol. The molecule has 0 radical (unpaired) electrons. The molecule has 0 saturated heterocycles. The molecule has 1 aromatic heterocycles. The van der Waals surface area contributed by atoms with Crippen LogP contribution in [0.5, 0.6) is 0 Å². The van der Waals surface area contributed by atoms with E-state index in [1.54, 1.807) is 6.26 Å². The maximum absolute atomic E-state index is 12.9. The summed E-state index contributed by atoms with van der Waals surface area (Å²) in [6.45, 7) is 1.88. The van der Waals surface area contributed by atoms with Gasteiger partial charge in [-0.2, -0.15) is 0 Å². The van der Waals surface area contributed by atoms with E-state index >= 15 is 0 Å². The number of fused-ring (bicyclic) bond motifs is 1. The molecule has 1 aromatic carbocycles. The number of urea groups is 1. The monoisotopic (exact) mass is 311 g/mol. The Morgan fingerprint density at radius 2 is 2.13 bits per heavy atom.